The van der Waals surface area contributed by atoms with Crippen molar-refractivity contribution in [3.8, 4) is 11.8 Å². The average molecular weight is 383 g/mol. The van der Waals surface area contributed by atoms with Gasteiger partial charge in [-0.25, -0.2) is 4.98 Å². The Morgan fingerprint density at radius 3 is 2.60 bits per heavy atom. The second-order valence-corrected chi connectivity index (χ2v) is 5.40. The van der Waals surface area contributed by atoms with Gasteiger partial charge in [0.2, 0.25) is 0 Å². The molecular formula is C13H12BrCl2N3O. The lowest BCUT2D eigenvalue weighted by atomic mass is 10.1. The molecule has 0 radical (unpaired) electrons. The van der Waals surface area contributed by atoms with Crippen LogP contribution in [0.3, 0.4) is 0 Å². The molecule has 0 aliphatic carbocycles. The van der Waals surface area contributed by atoms with E-state index in [1.807, 2.05) is 0 Å². The molecule has 20 heavy (non-hydrogen) atoms. The zero-order valence-electron chi connectivity index (χ0n) is 15.8. The summed E-state index contributed by atoms with van der Waals surface area (Å²) in [5, 5.41) is 0.178. The van der Waals surface area contributed by atoms with Crippen LogP contribution in [0.5, 0.6) is 11.8 Å². The Morgan fingerprint density at radius 1 is 1.35 bits per heavy atom. The van der Waals surface area contributed by atoms with Crippen LogP contribution in [0, 0.1) is 0 Å². The summed E-state index contributed by atoms with van der Waals surface area (Å²) in [6.07, 6.45) is 1.20. The van der Waals surface area contributed by atoms with Crippen molar-refractivity contribution in [1.29, 1.82) is 0 Å². The summed E-state index contributed by atoms with van der Waals surface area (Å²) < 4.78 is 50.9. The maximum atomic E-state index is 7.56. The Labute approximate surface area is 143 Å². The minimum absolute atomic E-state index is 0.00937. The van der Waals surface area contributed by atoms with Crippen LogP contribution >= 0.6 is 39.1 Å². The van der Waals surface area contributed by atoms with Crippen molar-refractivity contribution in [2.75, 3.05) is 5.73 Å². The third-order valence-electron chi connectivity index (χ3n) is 2.24. The first-order chi connectivity index (χ1) is 11.8. The van der Waals surface area contributed by atoms with Gasteiger partial charge in [-0.1, -0.05) is 36.9 Å². The predicted molar refractivity (Wildman–Crippen MR) is 84.8 cm³/mol. The van der Waals surface area contributed by atoms with Crippen LogP contribution in [0.15, 0.2) is 22.8 Å². The fraction of sp³-hybridized carbons (Fsp3) is 0.231. The molecule has 1 heterocycles. The number of nitrogen functional groups attached to an aromatic ring is 1. The van der Waals surface area contributed by atoms with Crippen LogP contribution in [-0.2, 0) is 0 Å². The maximum absolute atomic E-state index is 7.56. The third-order valence-corrected chi connectivity index (χ3v) is 3.41. The first kappa shape index (κ1) is 9.07. The zero-order valence-corrected chi connectivity index (χ0v) is 12.9. The van der Waals surface area contributed by atoms with Gasteiger partial charge in [-0.2, -0.15) is 4.98 Å². The number of aromatic nitrogens is 2. The molecule has 2 rings (SSSR count). The standard InChI is InChI=1S/C13H12BrCl2N3O/c1-6(2)11-8(14)5-18-13(19-11)20-12-9(15)3-7(17)4-10(12)16/h3-6H,17H2,1-2H3/i1D3,2D3. The number of rotatable bonds is 3. The van der Waals surface area contributed by atoms with Crippen LogP contribution in [0.2, 0.25) is 10.0 Å². The number of nitrogens with two attached hydrogens (primary N) is 1. The summed E-state index contributed by atoms with van der Waals surface area (Å²) in [7, 11) is 0. The fourth-order valence-electron chi connectivity index (χ4n) is 1.38. The van der Waals surface area contributed by atoms with Crippen molar-refractivity contribution in [3.05, 3.63) is 38.5 Å². The van der Waals surface area contributed by atoms with Crippen molar-refractivity contribution in [1.82, 2.24) is 9.97 Å². The Morgan fingerprint density at radius 2 is 2.00 bits per heavy atom. The number of halogens is 3. The van der Waals surface area contributed by atoms with E-state index in [1.165, 1.54) is 18.3 Å². The highest BCUT2D eigenvalue weighted by atomic mass is 79.9. The number of hydrogen-bond donors (Lipinski definition) is 1. The zero-order chi connectivity index (χ0) is 19.9. The molecule has 0 atom stereocenters. The van der Waals surface area contributed by atoms with Crippen molar-refractivity contribution < 1.29 is 13.0 Å². The molecule has 106 valence electrons. The number of nitrogens with zero attached hydrogens (tertiary/aromatic N) is 2. The van der Waals surface area contributed by atoms with Gasteiger partial charge < -0.3 is 10.5 Å². The average Bonchev–Trinajstić information content (AvgIpc) is 2.43. The van der Waals surface area contributed by atoms with Crippen molar-refractivity contribution in [2.24, 2.45) is 0 Å². The van der Waals surface area contributed by atoms with Crippen molar-refractivity contribution >= 4 is 44.8 Å². The summed E-state index contributed by atoms with van der Waals surface area (Å²) >= 11 is 15.1. The molecule has 0 aliphatic rings. The molecule has 1 aromatic heterocycles. The molecule has 2 N–H and O–H groups in total. The molecule has 0 bridgehead atoms. The van der Waals surface area contributed by atoms with E-state index >= 15 is 0 Å². The number of benzene rings is 1. The molecule has 2 aromatic rings. The van der Waals surface area contributed by atoms with Crippen molar-refractivity contribution in [3.63, 3.8) is 0 Å². The highest BCUT2D eigenvalue weighted by molar-refractivity contribution is 9.10. The molecule has 4 nitrogen and oxygen atoms in total. The largest absolute Gasteiger partial charge is 0.421 e. The minimum Gasteiger partial charge on any atom is -0.421 e. The quantitative estimate of drug-likeness (QED) is 0.755. The Balaban J connectivity index is 2.51. The van der Waals surface area contributed by atoms with Crippen molar-refractivity contribution in [2.45, 2.75) is 19.6 Å². The van der Waals surface area contributed by atoms with Crippen LogP contribution in [0.4, 0.5) is 5.69 Å². The highest BCUT2D eigenvalue weighted by Gasteiger charge is 2.14. The normalized spacial score (nSPS) is 16.6. The summed E-state index contributed by atoms with van der Waals surface area (Å²) in [5.74, 6) is -1.83. The summed E-state index contributed by atoms with van der Waals surface area (Å²) in [5.41, 5.74) is 5.69. The molecule has 0 amide bonds. The van der Waals surface area contributed by atoms with E-state index in [-0.39, 0.29) is 32.0 Å². The van der Waals surface area contributed by atoms with E-state index in [0.717, 1.165) is 0 Å². The van der Waals surface area contributed by atoms with E-state index in [9.17, 15) is 0 Å². The fourth-order valence-corrected chi connectivity index (χ4v) is 2.38. The lowest BCUT2D eigenvalue weighted by Gasteiger charge is -2.11. The third kappa shape index (κ3) is 3.34. The molecule has 0 unspecified atom stereocenters. The van der Waals surface area contributed by atoms with Crippen LogP contribution in [-0.4, -0.2) is 9.97 Å². The SMILES string of the molecule is [2H]C([2H])([2H])C(c1nc(Oc2c(Cl)cc(N)cc2Cl)ncc1Br)C([2H])([2H])[2H]. The van der Waals surface area contributed by atoms with Gasteiger partial charge in [0, 0.05) is 20.1 Å². The lowest BCUT2D eigenvalue weighted by Crippen LogP contribution is -2.00. The van der Waals surface area contributed by atoms with E-state index in [0.29, 0.717) is 5.69 Å². The summed E-state index contributed by atoms with van der Waals surface area (Å²) in [6, 6.07) is 2.49. The van der Waals surface area contributed by atoms with Gasteiger partial charge in [-0.3, -0.25) is 0 Å². The van der Waals surface area contributed by atoms with Gasteiger partial charge in [-0.15, -0.1) is 0 Å². The molecule has 0 spiro atoms. The molecule has 0 saturated carbocycles. The molecule has 0 aliphatic heterocycles. The van der Waals surface area contributed by atoms with Crippen LogP contribution < -0.4 is 10.5 Å². The monoisotopic (exact) mass is 381 g/mol. The van der Waals surface area contributed by atoms with Gasteiger partial charge in [0.05, 0.1) is 20.2 Å². The van der Waals surface area contributed by atoms with Gasteiger partial charge in [-0.05, 0) is 34.0 Å². The summed E-state index contributed by atoms with van der Waals surface area (Å²) in [6.45, 7) is -5.65. The van der Waals surface area contributed by atoms with Gasteiger partial charge >= 0.3 is 6.01 Å². The van der Waals surface area contributed by atoms with Gasteiger partial charge in [0.25, 0.3) is 0 Å². The van der Waals surface area contributed by atoms with E-state index in [4.69, 9.17) is 41.9 Å². The number of anilines is 1. The molecule has 0 fully saturated rings. The van der Waals surface area contributed by atoms with E-state index in [2.05, 4.69) is 25.9 Å². The predicted octanol–water partition coefficient (Wildman–Crippen LogP) is 5.04. The molecule has 0 saturated heterocycles. The Kier molecular flexibility index (Phi) is 2.79. The molecular weight excluding hydrogens is 365 g/mol. The van der Waals surface area contributed by atoms with Gasteiger partial charge in [0.15, 0.2) is 5.75 Å². The Bertz CT molecular complexity index is 793. The second kappa shape index (κ2) is 6.16. The van der Waals surface area contributed by atoms with E-state index in [1.54, 1.807) is 0 Å². The number of ether oxygens (including phenoxy) is 1. The minimum atomic E-state index is -2.82. The highest BCUT2D eigenvalue weighted by Crippen LogP contribution is 2.37. The second-order valence-electron chi connectivity index (χ2n) is 3.73. The van der Waals surface area contributed by atoms with E-state index < -0.39 is 19.6 Å². The van der Waals surface area contributed by atoms with Gasteiger partial charge in [0.1, 0.15) is 0 Å². The maximum Gasteiger partial charge on any atom is 0.322 e. The van der Waals surface area contributed by atoms with Crippen LogP contribution in [0.25, 0.3) is 0 Å². The topological polar surface area (TPSA) is 61.0 Å². The smallest absolute Gasteiger partial charge is 0.322 e. The Hall–Kier alpha value is -1.04. The first-order valence-electron chi connectivity index (χ1n) is 8.25. The summed E-state index contributed by atoms with van der Waals surface area (Å²) in [4.78, 5) is 7.85. The molecule has 7 heteroatoms. The number of hydrogen-bond acceptors (Lipinski definition) is 4. The first-order valence-corrected chi connectivity index (χ1v) is 6.80. The lowest BCUT2D eigenvalue weighted by molar-refractivity contribution is 0.438. The molecule has 1 aromatic carbocycles. The van der Waals surface area contributed by atoms with Crippen LogP contribution in [0.1, 0.15) is 33.5 Å².